The number of ether oxygens (including phenoxy) is 4. The molecule has 0 saturated carbocycles. The van der Waals surface area contributed by atoms with Gasteiger partial charge in [0.15, 0.2) is 11.5 Å². The first kappa shape index (κ1) is 21.4. The standard InChI is InChI=1S/C19H21BrN2O6/c1-5-28-15-7-6-11(8-16(15)26-3)18(23)21-22-19(24)13-9-12(25-2)10-14(20)17(13)27-4/h6-10H,5H2,1-4H3,(H,21,23)(H,22,24). The maximum atomic E-state index is 12.5. The summed E-state index contributed by atoms with van der Waals surface area (Å²) < 4.78 is 21.6. The third-order valence-electron chi connectivity index (χ3n) is 3.72. The minimum Gasteiger partial charge on any atom is -0.497 e. The number of carbonyl (C=O) groups is 2. The summed E-state index contributed by atoms with van der Waals surface area (Å²) >= 11 is 3.32. The Balaban J connectivity index is 2.15. The van der Waals surface area contributed by atoms with Gasteiger partial charge in [0.2, 0.25) is 0 Å². The number of rotatable bonds is 7. The number of amides is 2. The van der Waals surface area contributed by atoms with Crippen LogP contribution in [-0.4, -0.2) is 39.8 Å². The molecule has 0 aliphatic carbocycles. The second-order valence-electron chi connectivity index (χ2n) is 5.40. The van der Waals surface area contributed by atoms with Crippen LogP contribution < -0.4 is 29.8 Å². The van der Waals surface area contributed by atoms with E-state index < -0.39 is 11.8 Å². The van der Waals surface area contributed by atoms with Crippen LogP contribution in [-0.2, 0) is 0 Å². The molecule has 0 spiro atoms. The number of halogens is 1. The molecule has 0 unspecified atom stereocenters. The first-order valence-electron chi connectivity index (χ1n) is 8.28. The monoisotopic (exact) mass is 452 g/mol. The largest absolute Gasteiger partial charge is 0.497 e. The maximum absolute atomic E-state index is 12.5. The smallest absolute Gasteiger partial charge is 0.273 e. The molecule has 2 rings (SSSR count). The minimum atomic E-state index is -0.567. The van der Waals surface area contributed by atoms with Gasteiger partial charge in [0.05, 0.1) is 38.0 Å². The summed E-state index contributed by atoms with van der Waals surface area (Å²) in [5.41, 5.74) is 5.21. The van der Waals surface area contributed by atoms with E-state index in [1.807, 2.05) is 6.92 Å². The molecule has 0 aliphatic heterocycles. The summed E-state index contributed by atoms with van der Waals surface area (Å²) in [6, 6.07) is 7.89. The van der Waals surface area contributed by atoms with Crippen molar-refractivity contribution < 1.29 is 28.5 Å². The molecule has 0 fully saturated rings. The third kappa shape index (κ3) is 4.86. The summed E-state index contributed by atoms with van der Waals surface area (Å²) in [5.74, 6) is 0.629. The van der Waals surface area contributed by atoms with Gasteiger partial charge in [-0.1, -0.05) is 0 Å². The van der Waals surface area contributed by atoms with Crippen LogP contribution in [0, 0.1) is 0 Å². The zero-order chi connectivity index (χ0) is 20.7. The topological polar surface area (TPSA) is 95.1 Å². The molecule has 0 aliphatic rings. The maximum Gasteiger partial charge on any atom is 0.273 e. The summed E-state index contributed by atoms with van der Waals surface area (Å²) in [6.45, 7) is 2.32. The lowest BCUT2D eigenvalue weighted by Crippen LogP contribution is -2.41. The van der Waals surface area contributed by atoms with Crippen LogP contribution in [0.5, 0.6) is 23.0 Å². The quantitative estimate of drug-likeness (QED) is 0.627. The van der Waals surface area contributed by atoms with E-state index in [2.05, 4.69) is 26.8 Å². The SMILES string of the molecule is CCOc1ccc(C(=O)NNC(=O)c2cc(OC)cc(Br)c2OC)cc1OC. The molecular weight excluding hydrogens is 432 g/mol. The average Bonchev–Trinajstić information content (AvgIpc) is 2.71. The molecule has 2 aromatic carbocycles. The normalized spacial score (nSPS) is 10.0. The lowest BCUT2D eigenvalue weighted by atomic mass is 10.1. The van der Waals surface area contributed by atoms with E-state index in [-0.39, 0.29) is 5.56 Å². The molecule has 0 bridgehead atoms. The van der Waals surface area contributed by atoms with Crippen molar-refractivity contribution in [3.8, 4) is 23.0 Å². The number of methoxy groups -OCH3 is 3. The Labute approximate surface area is 171 Å². The molecule has 0 heterocycles. The van der Waals surface area contributed by atoms with Crippen molar-refractivity contribution in [3.05, 3.63) is 45.9 Å². The van der Waals surface area contributed by atoms with Crippen molar-refractivity contribution in [3.63, 3.8) is 0 Å². The van der Waals surface area contributed by atoms with E-state index in [4.69, 9.17) is 18.9 Å². The number of carbonyl (C=O) groups excluding carboxylic acids is 2. The number of hydrazine groups is 1. The van der Waals surface area contributed by atoms with Gasteiger partial charge in [-0.3, -0.25) is 20.4 Å². The van der Waals surface area contributed by atoms with Crippen LogP contribution in [0.4, 0.5) is 0 Å². The highest BCUT2D eigenvalue weighted by Gasteiger charge is 2.18. The fourth-order valence-corrected chi connectivity index (χ4v) is 3.00. The predicted octanol–water partition coefficient (Wildman–Crippen LogP) is 2.95. The molecule has 2 aromatic rings. The molecule has 9 heteroatoms. The highest BCUT2D eigenvalue weighted by molar-refractivity contribution is 9.10. The van der Waals surface area contributed by atoms with Crippen molar-refractivity contribution in [1.29, 1.82) is 0 Å². The van der Waals surface area contributed by atoms with Gasteiger partial charge in [0.1, 0.15) is 11.5 Å². The molecule has 2 N–H and O–H groups in total. The van der Waals surface area contributed by atoms with Gasteiger partial charge in [-0.2, -0.15) is 0 Å². The van der Waals surface area contributed by atoms with Crippen LogP contribution in [0.1, 0.15) is 27.6 Å². The van der Waals surface area contributed by atoms with Gasteiger partial charge in [-0.05, 0) is 53.2 Å². The van der Waals surface area contributed by atoms with Crippen LogP contribution in [0.25, 0.3) is 0 Å². The molecular formula is C19H21BrN2O6. The zero-order valence-electron chi connectivity index (χ0n) is 15.9. The lowest BCUT2D eigenvalue weighted by Gasteiger charge is -2.14. The van der Waals surface area contributed by atoms with E-state index >= 15 is 0 Å². The Kier molecular flexibility index (Phi) is 7.51. The Morgan fingerprint density at radius 1 is 0.929 bits per heavy atom. The Morgan fingerprint density at radius 3 is 2.25 bits per heavy atom. The van der Waals surface area contributed by atoms with Gasteiger partial charge in [-0.25, -0.2) is 0 Å². The van der Waals surface area contributed by atoms with E-state index in [1.54, 1.807) is 18.2 Å². The number of benzene rings is 2. The summed E-state index contributed by atoms with van der Waals surface area (Å²) in [7, 11) is 4.40. The Bertz CT molecular complexity index is 872. The van der Waals surface area contributed by atoms with Gasteiger partial charge in [-0.15, -0.1) is 0 Å². The molecule has 2 amide bonds. The van der Waals surface area contributed by atoms with Crippen LogP contribution in [0.15, 0.2) is 34.8 Å². The Hall–Kier alpha value is -2.94. The lowest BCUT2D eigenvalue weighted by molar-refractivity contribution is 0.0844. The predicted molar refractivity (Wildman–Crippen MR) is 106 cm³/mol. The average molecular weight is 453 g/mol. The molecule has 0 radical (unpaired) electrons. The van der Waals surface area contributed by atoms with Gasteiger partial charge >= 0.3 is 0 Å². The van der Waals surface area contributed by atoms with Crippen molar-refractivity contribution in [2.45, 2.75) is 6.92 Å². The van der Waals surface area contributed by atoms with E-state index in [9.17, 15) is 9.59 Å². The van der Waals surface area contributed by atoms with Gasteiger partial charge < -0.3 is 18.9 Å². The van der Waals surface area contributed by atoms with E-state index in [1.165, 1.54) is 33.5 Å². The fourth-order valence-electron chi connectivity index (χ4n) is 2.40. The van der Waals surface area contributed by atoms with E-state index in [0.717, 1.165) is 0 Å². The zero-order valence-corrected chi connectivity index (χ0v) is 17.5. The van der Waals surface area contributed by atoms with Crippen molar-refractivity contribution in [2.75, 3.05) is 27.9 Å². The molecule has 28 heavy (non-hydrogen) atoms. The molecule has 0 saturated heterocycles. The summed E-state index contributed by atoms with van der Waals surface area (Å²) in [6.07, 6.45) is 0. The van der Waals surface area contributed by atoms with Gasteiger partial charge in [0, 0.05) is 5.56 Å². The highest BCUT2D eigenvalue weighted by atomic mass is 79.9. The third-order valence-corrected chi connectivity index (χ3v) is 4.31. The number of hydrogen-bond donors (Lipinski definition) is 2. The second-order valence-corrected chi connectivity index (χ2v) is 6.25. The first-order chi connectivity index (χ1) is 13.4. The van der Waals surface area contributed by atoms with Gasteiger partial charge in [0.25, 0.3) is 11.8 Å². The van der Waals surface area contributed by atoms with Crippen molar-refractivity contribution in [1.82, 2.24) is 10.9 Å². The number of hydrogen-bond acceptors (Lipinski definition) is 6. The summed E-state index contributed by atoms with van der Waals surface area (Å²) in [4.78, 5) is 24.9. The van der Waals surface area contributed by atoms with Crippen molar-refractivity contribution >= 4 is 27.7 Å². The highest BCUT2D eigenvalue weighted by Crippen LogP contribution is 2.33. The first-order valence-corrected chi connectivity index (χ1v) is 9.07. The van der Waals surface area contributed by atoms with Crippen molar-refractivity contribution in [2.24, 2.45) is 0 Å². The van der Waals surface area contributed by atoms with E-state index in [0.29, 0.717) is 39.6 Å². The molecule has 150 valence electrons. The van der Waals surface area contributed by atoms with Crippen LogP contribution in [0.2, 0.25) is 0 Å². The Morgan fingerprint density at radius 2 is 1.64 bits per heavy atom. The second kappa shape index (κ2) is 9.84. The number of nitrogens with one attached hydrogen (secondary N) is 2. The molecule has 8 nitrogen and oxygen atoms in total. The molecule has 0 atom stereocenters. The minimum absolute atomic E-state index is 0.193. The summed E-state index contributed by atoms with van der Waals surface area (Å²) in [5, 5.41) is 0. The van der Waals surface area contributed by atoms with Crippen LogP contribution >= 0.6 is 15.9 Å². The fraction of sp³-hybridized carbons (Fsp3) is 0.263. The molecule has 0 aromatic heterocycles. The van der Waals surface area contributed by atoms with Crippen LogP contribution in [0.3, 0.4) is 0 Å².